The van der Waals surface area contributed by atoms with E-state index in [4.69, 9.17) is 0 Å². The summed E-state index contributed by atoms with van der Waals surface area (Å²) in [6, 6.07) is 5.91. The standard InChI is InChI=1S/C14H20N4O4/c1-3-8-15-13(19)9-17(2)10-14(20)16-11-6-4-5-7-12(11)18(21)22/h4-7H,3,8-10H2,1-2H3,(H,15,19)(H,16,20). The highest BCUT2D eigenvalue weighted by atomic mass is 16.6. The van der Waals surface area contributed by atoms with Gasteiger partial charge < -0.3 is 10.6 Å². The van der Waals surface area contributed by atoms with Gasteiger partial charge in [-0.05, 0) is 19.5 Å². The fourth-order valence-electron chi connectivity index (χ4n) is 1.79. The lowest BCUT2D eigenvalue weighted by Gasteiger charge is -2.15. The molecule has 0 unspecified atom stereocenters. The minimum Gasteiger partial charge on any atom is -0.355 e. The van der Waals surface area contributed by atoms with Crippen molar-refractivity contribution in [2.75, 3.05) is 32.0 Å². The Labute approximate surface area is 128 Å². The van der Waals surface area contributed by atoms with Gasteiger partial charge in [-0.25, -0.2) is 0 Å². The first-order valence-corrected chi connectivity index (χ1v) is 6.92. The summed E-state index contributed by atoms with van der Waals surface area (Å²) >= 11 is 0. The van der Waals surface area contributed by atoms with Crippen molar-refractivity contribution in [3.63, 3.8) is 0 Å². The van der Waals surface area contributed by atoms with Gasteiger partial charge in [-0.2, -0.15) is 0 Å². The second-order valence-electron chi connectivity index (χ2n) is 4.84. The summed E-state index contributed by atoms with van der Waals surface area (Å²) in [4.78, 5) is 35.2. The minimum atomic E-state index is -0.558. The van der Waals surface area contributed by atoms with Crippen LogP contribution in [0.2, 0.25) is 0 Å². The number of hydrogen-bond donors (Lipinski definition) is 2. The zero-order valence-electron chi connectivity index (χ0n) is 12.7. The van der Waals surface area contributed by atoms with Crippen LogP contribution in [0.3, 0.4) is 0 Å². The third-order valence-corrected chi connectivity index (χ3v) is 2.77. The summed E-state index contributed by atoms with van der Waals surface area (Å²) < 4.78 is 0. The van der Waals surface area contributed by atoms with Gasteiger partial charge in [0.15, 0.2) is 0 Å². The van der Waals surface area contributed by atoms with Crippen LogP contribution in [0, 0.1) is 10.1 Å². The monoisotopic (exact) mass is 308 g/mol. The van der Waals surface area contributed by atoms with Crippen molar-refractivity contribution in [2.45, 2.75) is 13.3 Å². The van der Waals surface area contributed by atoms with Gasteiger partial charge in [-0.15, -0.1) is 0 Å². The molecule has 120 valence electrons. The van der Waals surface area contributed by atoms with Crippen molar-refractivity contribution in [1.82, 2.24) is 10.2 Å². The molecule has 0 fully saturated rings. The molecule has 0 heterocycles. The van der Waals surface area contributed by atoms with Crippen molar-refractivity contribution in [3.05, 3.63) is 34.4 Å². The van der Waals surface area contributed by atoms with E-state index in [1.54, 1.807) is 13.1 Å². The zero-order valence-corrected chi connectivity index (χ0v) is 12.7. The third kappa shape index (κ3) is 5.88. The quantitative estimate of drug-likeness (QED) is 0.550. The van der Waals surface area contributed by atoms with E-state index < -0.39 is 10.8 Å². The molecule has 8 heteroatoms. The summed E-state index contributed by atoms with van der Waals surface area (Å²) in [5, 5.41) is 16.1. The Balaban J connectivity index is 2.53. The van der Waals surface area contributed by atoms with E-state index in [0.29, 0.717) is 6.54 Å². The second-order valence-corrected chi connectivity index (χ2v) is 4.84. The number of hydrogen-bond acceptors (Lipinski definition) is 5. The van der Waals surface area contributed by atoms with E-state index in [-0.39, 0.29) is 30.4 Å². The fraction of sp³-hybridized carbons (Fsp3) is 0.429. The number of likely N-dealkylation sites (N-methyl/N-ethyl adjacent to an activating group) is 1. The lowest BCUT2D eigenvalue weighted by molar-refractivity contribution is -0.383. The average molecular weight is 308 g/mol. The number of rotatable bonds is 8. The van der Waals surface area contributed by atoms with E-state index >= 15 is 0 Å². The van der Waals surface area contributed by atoms with E-state index in [1.165, 1.54) is 23.1 Å². The molecule has 0 saturated heterocycles. The molecule has 2 amide bonds. The Morgan fingerprint density at radius 1 is 1.23 bits per heavy atom. The minimum absolute atomic E-state index is 0.0361. The molecule has 22 heavy (non-hydrogen) atoms. The predicted molar refractivity (Wildman–Crippen MR) is 82.5 cm³/mol. The first-order valence-electron chi connectivity index (χ1n) is 6.92. The molecule has 0 saturated carbocycles. The van der Waals surface area contributed by atoms with Crippen LogP contribution in [0.15, 0.2) is 24.3 Å². The Morgan fingerprint density at radius 3 is 2.50 bits per heavy atom. The smallest absolute Gasteiger partial charge is 0.292 e. The maximum atomic E-state index is 11.9. The van der Waals surface area contributed by atoms with Gasteiger partial charge in [0.1, 0.15) is 5.69 Å². The van der Waals surface area contributed by atoms with E-state index in [0.717, 1.165) is 6.42 Å². The predicted octanol–water partition coefficient (Wildman–Crippen LogP) is 0.991. The highest BCUT2D eigenvalue weighted by molar-refractivity contribution is 5.94. The molecule has 0 atom stereocenters. The van der Waals surface area contributed by atoms with Gasteiger partial charge in [0.05, 0.1) is 18.0 Å². The lowest BCUT2D eigenvalue weighted by Crippen LogP contribution is -2.39. The van der Waals surface area contributed by atoms with Crippen LogP contribution in [0.4, 0.5) is 11.4 Å². The molecule has 0 spiro atoms. The molecule has 0 aliphatic heterocycles. The number of anilines is 1. The number of amides is 2. The number of nitrogens with one attached hydrogen (secondary N) is 2. The average Bonchev–Trinajstić information content (AvgIpc) is 2.45. The maximum Gasteiger partial charge on any atom is 0.292 e. The van der Waals surface area contributed by atoms with Crippen LogP contribution < -0.4 is 10.6 Å². The molecule has 0 aliphatic rings. The van der Waals surface area contributed by atoms with Gasteiger partial charge in [0.25, 0.3) is 5.69 Å². The van der Waals surface area contributed by atoms with Crippen LogP contribution in [0.25, 0.3) is 0 Å². The molecule has 0 bridgehead atoms. The first kappa shape index (κ1) is 17.6. The normalized spacial score (nSPS) is 10.3. The first-order chi connectivity index (χ1) is 10.4. The summed E-state index contributed by atoms with van der Waals surface area (Å²) in [6.07, 6.45) is 0.841. The molecular formula is C14H20N4O4. The van der Waals surface area contributed by atoms with Gasteiger partial charge in [-0.3, -0.25) is 24.6 Å². The van der Waals surface area contributed by atoms with Crippen molar-refractivity contribution in [2.24, 2.45) is 0 Å². The third-order valence-electron chi connectivity index (χ3n) is 2.77. The number of nitro groups is 1. The van der Waals surface area contributed by atoms with Gasteiger partial charge >= 0.3 is 0 Å². The van der Waals surface area contributed by atoms with Crippen LogP contribution in [0.5, 0.6) is 0 Å². The number of carbonyl (C=O) groups excluding carboxylic acids is 2. The number of para-hydroxylation sites is 2. The number of carbonyl (C=O) groups is 2. The van der Waals surface area contributed by atoms with E-state index in [1.807, 2.05) is 6.92 Å². The van der Waals surface area contributed by atoms with E-state index in [2.05, 4.69) is 10.6 Å². The summed E-state index contributed by atoms with van der Waals surface area (Å²) in [5.74, 6) is -0.581. The van der Waals surface area contributed by atoms with E-state index in [9.17, 15) is 19.7 Å². The number of nitrogens with zero attached hydrogens (tertiary/aromatic N) is 2. The zero-order chi connectivity index (χ0) is 16.5. The highest BCUT2D eigenvalue weighted by Gasteiger charge is 2.16. The Hall–Kier alpha value is -2.48. The van der Waals surface area contributed by atoms with Crippen LogP contribution in [-0.4, -0.2) is 48.3 Å². The van der Waals surface area contributed by atoms with Crippen molar-refractivity contribution >= 4 is 23.2 Å². The Bertz CT molecular complexity index is 547. The number of benzene rings is 1. The lowest BCUT2D eigenvalue weighted by atomic mass is 10.2. The largest absolute Gasteiger partial charge is 0.355 e. The van der Waals surface area contributed by atoms with Gasteiger partial charge in [0, 0.05) is 12.6 Å². The Kier molecular flexibility index (Phi) is 6.97. The summed E-state index contributed by atoms with van der Waals surface area (Å²) in [6.45, 7) is 2.59. The summed E-state index contributed by atoms with van der Waals surface area (Å²) in [7, 11) is 1.63. The molecule has 8 nitrogen and oxygen atoms in total. The highest BCUT2D eigenvalue weighted by Crippen LogP contribution is 2.22. The second kappa shape index (κ2) is 8.73. The molecule has 1 aromatic carbocycles. The van der Waals surface area contributed by atoms with Gasteiger partial charge in [-0.1, -0.05) is 19.1 Å². The molecule has 0 radical (unpaired) electrons. The van der Waals surface area contributed by atoms with Crippen molar-refractivity contribution in [1.29, 1.82) is 0 Å². The topological polar surface area (TPSA) is 105 Å². The summed E-state index contributed by atoms with van der Waals surface area (Å²) in [5.41, 5.74) is -0.0273. The molecule has 0 aliphatic carbocycles. The van der Waals surface area contributed by atoms with Crippen LogP contribution in [-0.2, 0) is 9.59 Å². The molecule has 0 aromatic heterocycles. The SMILES string of the molecule is CCCNC(=O)CN(C)CC(=O)Nc1ccccc1[N+](=O)[O-]. The van der Waals surface area contributed by atoms with Crippen molar-refractivity contribution in [3.8, 4) is 0 Å². The fourth-order valence-corrected chi connectivity index (χ4v) is 1.79. The molecule has 2 N–H and O–H groups in total. The van der Waals surface area contributed by atoms with Gasteiger partial charge in [0.2, 0.25) is 11.8 Å². The van der Waals surface area contributed by atoms with Crippen molar-refractivity contribution < 1.29 is 14.5 Å². The number of nitro benzene ring substituents is 1. The van der Waals surface area contributed by atoms with Crippen LogP contribution >= 0.6 is 0 Å². The molecular weight excluding hydrogens is 288 g/mol. The maximum absolute atomic E-state index is 11.9. The molecule has 1 aromatic rings. The molecule has 1 rings (SSSR count). The Morgan fingerprint density at radius 2 is 1.86 bits per heavy atom. The van der Waals surface area contributed by atoms with Crippen LogP contribution in [0.1, 0.15) is 13.3 Å².